The Bertz CT molecular complexity index is 923. The first-order valence-corrected chi connectivity index (χ1v) is 8.03. The lowest BCUT2D eigenvalue weighted by molar-refractivity contribution is 0.0693. The minimum absolute atomic E-state index is 0.112. The number of nitrogens with zero attached hydrogens (tertiary/aromatic N) is 1. The summed E-state index contributed by atoms with van der Waals surface area (Å²) in [6.07, 6.45) is 0. The van der Waals surface area contributed by atoms with E-state index in [9.17, 15) is 22.4 Å². The molecule has 2 aromatic rings. The number of imide groups is 1. The fourth-order valence-electron chi connectivity index (χ4n) is 2.25. The third-order valence-electron chi connectivity index (χ3n) is 3.47. The van der Waals surface area contributed by atoms with Gasteiger partial charge in [-0.05, 0) is 42.5 Å². The molecule has 0 bridgehead atoms. The lowest BCUT2D eigenvalue weighted by Gasteiger charge is -2.08. The highest BCUT2D eigenvalue weighted by Crippen LogP contribution is 2.26. The monoisotopic (exact) mass is 334 g/mol. The van der Waals surface area contributed by atoms with Gasteiger partial charge in [0.05, 0.1) is 16.0 Å². The summed E-state index contributed by atoms with van der Waals surface area (Å²) in [6.45, 7) is 0. The lowest BCUT2D eigenvalue weighted by Crippen LogP contribution is -2.24. The normalized spacial score (nSPS) is 14.1. The van der Waals surface area contributed by atoms with Gasteiger partial charge in [-0.15, -0.1) is 0 Å². The van der Waals surface area contributed by atoms with Crippen LogP contribution in [0.1, 0.15) is 20.7 Å². The summed E-state index contributed by atoms with van der Waals surface area (Å²) in [7, 11) is -2.56. The number of fused-ring (bicyclic) bond motifs is 1. The van der Waals surface area contributed by atoms with Crippen molar-refractivity contribution in [2.45, 2.75) is 4.90 Å². The Labute approximate surface area is 131 Å². The average Bonchev–Trinajstić information content (AvgIpc) is 2.72. The largest absolute Gasteiger partial charge is 0.280 e. The van der Waals surface area contributed by atoms with Gasteiger partial charge in [-0.25, -0.2) is 12.8 Å². The van der Waals surface area contributed by atoms with E-state index in [1.165, 1.54) is 25.2 Å². The molecule has 1 aliphatic rings. The molecular weight excluding hydrogens is 323 g/mol. The Morgan fingerprint density at radius 3 is 2.22 bits per heavy atom. The van der Waals surface area contributed by atoms with Gasteiger partial charge in [-0.3, -0.25) is 19.2 Å². The molecule has 0 fully saturated rings. The number of rotatable bonds is 3. The fraction of sp³-hybridized carbons (Fsp3) is 0.0667. The van der Waals surface area contributed by atoms with Gasteiger partial charge in [0.2, 0.25) is 0 Å². The number of carbonyl (C=O) groups is 2. The van der Waals surface area contributed by atoms with Gasteiger partial charge in [0.25, 0.3) is 21.8 Å². The minimum atomic E-state index is -3.92. The van der Waals surface area contributed by atoms with Gasteiger partial charge in [0.15, 0.2) is 0 Å². The van der Waals surface area contributed by atoms with E-state index in [1.54, 1.807) is 0 Å². The van der Waals surface area contributed by atoms with E-state index in [-0.39, 0.29) is 21.7 Å². The first kappa shape index (κ1) is 15.2. The molecule has 118 valence electrons. The maximum atomic E-state index is 12.9. The van der Waals surface area contributed by atoms with Crippen molar-refractivity contribution in [3.8, 4) is 0 Å². The van der Waals surface area contributed by atoms with Gasteiger partial charge in [0, 0.05) is 12.7 Å². The van der Waals surface area contributed by atoms with Crippen molar-refractivity contribution in [1.82, 2.24) is 4.90 Å². The standard InChI is InChI=1S/C15H11FN2O4S/c1-18-14(19)12-7-4-10(8-13(12)15(18)20)17-23(21,22)11-5-2-9(16)3-6-11/h2-8,17H,1H3. The number of benzene rings is 2. The molecule has 8 heteroatoms. The second-order valence-corrected chi connectivity index (χ2v) is 6.67. The Hall–Kier alpha value is -2.74. The van der Waals surface area contributed by atoms with Crippen molar-refractivity contribution in [2.75, 3.05) is 11.8 Å². The topological polar surface area (TPSA) is 83.6 Å². The van der Waals surface area contributed by atoms with Crippen LogP contribution < -0.4 is 4.72 Å². The maximum absolute atomic E-state index is 12.9. The molecule has 0 saturated heterocycles. The number of halogens is 1. The smallest absolute Gasteiger partial charge is 0.261 e. The zero-order valence-corrected chi connectivity index (χ0v) is 12.7. The highest BCUT2D eigenvalue weighted by molar-refractivity contribution is 7.92. The van der Waals surface area contributed by atoms with Crippen LogP contribution in [0, 0.1) is 5.82 Å². The number of carbonyl (C=O) groups excluding carboxylic acids is 2. The molecule has 0 radical (unpaired) electrons. The van der Waals surface area contributed by atoms with Crippen LogP contribution in [-0.4, -0.2) is 32.2 Å². The van der Waals surface area contributed by atoms with Crippen LogP contribution in [0.4, 0.5) is 10.1 Å². The van der Waals surface area contributed by atoms with E-state index in [0.29, 0.717) is 0 Å². The highest BCUT2D eigenvalue weighted by Gasteiger charge is 2.33. The molecule has 0 atom stereocenters. The van der Waals surface area contributed by atoms with E-state index in [4.69, 9.17) is 0 Å². The second-order valence-electron chi connectivity index (χ2n) is 4.99. The first-order valence-electron chi connectivity index (χ1n) is 6.54. The van der Waals surface area contributed by atoms with Crippen LogP contribution in [0.3, 0.4) is 0 Å². The summed E-state index contributed by atoms with van der Waals surface area (Å²) < 4.78 is 39.6. The van der Waals surface area contributed by atoms with Crippen LogP contribution >= 0.6 is 0 Å². The van der Waals surface area contributed by atoms with Gasteiger partial charge < -0.3 is 0 Å². The first-order chi connectivity index (χ1) is 10.8. The molecule has 6 nitrogen and oxygen atoms in total. The molecule has 3 rings (SSSR count). The van der Waals surface area contributed by atoms with E-state index in [1.807, 2.05) is 0 Å². The van der Waals surface area contributed by atoms with Gasteiger partial charge in [-0.1, -0.05) is 0 Å². The van der Waals surface area contributed by atoms with E-state index in [0.717, 1.165) is 29.2 Å². The Morgan fingerprint density at radius 1 is 0.957 bits per heavy atom. The molecule has 1 aliphatic heterocycles. The van der Waals surface area contributed by atoms with Crippen molar-refractivity contribution in [3.63, 3.8) is 0 Å². The summed E-state index contributed by atoms with van der Waals surface area (Å²) in [5, 5.41) is 0. The summed E-state index contributed by atoms with van der Waals surface area (Å²) >= 11 is 0. The maximum Gasteiger partial charge on any atom is 0.261 e. The molecule has 2 aromatic carbocycles. The van der Waals surface area contributed by atoms with Crippen LogP contribution in [0.15, 0.2) is 47.4 Å². The van der Waals surface area contributed by atoms with Gasteiger partial charge in [0.1, 0.15) is 5.82 Å². The van der Waals surface area contributed by atoms with Crippen molar-refractivity contribution in [2.24, 2.45) is 0 Å². The van der Waals surface area contributed by atoms with Crippen LogP contribution in [0.25, 0.3) is 0 Å². The quantitative estimate of drug-likeness (QED) is 0.868. The number of amides is 2. The molecule has 23 heavy (non-hydrogen) atoms. The molecule has 0 aromatic heterocycles. The molecule has 0 spiro atoms. The molecule has 1 heterocycles. The molecule has 1 N–H and O–H groups in total. The summed E-state index contributed by atoms with van der Waals surface area (Å²) in [5.74, 6) is -1.47. The van der Waals surface area contributed by atoms with Crippen LogP contribution in [0.5, 0.6) is 0 Å². The van der Waals surface area contributed by atoms with Crippen molar-refractivity contribution >= 4 is 27.5 Å². The van der Waals surface area contributed by atoms with E-state index < -0.39 is 27.7 Å². The van der Waals surface area contributed by atoms with Crippen LogP contribution in [-0.2, 0) is 10.0 Å². The summed E-state index contributed by atoms with van der Waals surface area (Å²) in [5.41, 5.74) is 0.503. The van der Waals surface area contributed by atoms with Crippen molar-refractivity contribution in [3.05, 3.63) is 59.4 Å². The SMILES string of the molecule is CN1C(=O)c2ccc(NS(=O)(=O)c3ccc(F)cc3)cc2C1=O. The second kappa shape index (κ2) is 5.17. The highest BCUT2D eigenvalue weighted by atomic mass is 32.2. The molecule has 2 amide bonds. The third-order valence-corrected chi connectivity index (χ3v) is 4.86. The Morgan fingerprint density at radius 2 is 1.57 bits per heavy atom. The lowest BCUT2D eigenvalue weighted by atomic mass is 10.1. The van der Waals surface area contributed by atoms with Gasteiger partial charge in [-0.2, -0.15) is 0 Å². The van der Waals surface area contributed by atoms with Crippen molar-refractivity contribution < 1.29 is 22.4 Å². The average molecular weight is 334 g/mol. The molecular formula is C15H11FN2O4S. The zero-order chi connectivity index (χ0) is 16.8. The van der Waals surface area contributed by atoms with E-state index >= 15 is 0 Å². The Kier molecular flexibility index (Phi) is 3.41. The molecule has 0 aliphatic carbocycles. The number of nitrogens with one attached hydrogen (secondary N) is 1. The van der Waals surface area contributed by atoms with E-state index in [2.05, 4.69) is 4.72 Å². The predicted octanol–water partition coefficient (Wildman–Crippen LogP) is 1.85. The number of hydrogen-bond acceptors (Lipinski definition) is 4. The third kappa shape index (κ3) is 2.57. The minimum Gasteiger partial charge on any atom is -0.280 e. The van der Waals surface area contributed by atoms with Crippen LogP contribution in [0.2, 0.25) is 0 Å². The molecule has 0 unspecified atom stereocenters. The predicted molar refractivity (Wildman–Crippen MR) is 80.1 cm³/mol. The number of anilines is 1. The summed E-state index contributed by atoms with van der Waals surface area (Å²) in [6, 6.07) is 8.43. The van der Waals surface area contributed by atoms with Crippen molar-refractivity contribution in [1.29, 1.82) is 0 Å². The Balaban J connectivity index is 1.94. The van der Waals surface area contributed by atoms with Gasteiger partial charge >= 0.3 is 0 Å². The number of hydrogen-bond donors (Lipinski definition) is 1. The molecule has 0 saturated carbocycles. The summed E-state index contributed by atoms with van der Waals surface area (Å²) in [4.78, 5) is 24.6. The zero-order valence-electron chi connectivity index (χ0n) is 11.9. The number of sulfonamides is 1. The fourth-order valence-corrected chi connectivity index (χ4v) is 3.30.